The van der Waals surface area contributed by atoms with Gasteiger partial charge in [-0.25, -0.2) is 0 Å². The van der Waals surface area contributed by atoms with E-state index in [2.05, 4.69) is 23.0 Å². The van der Waals surface area contributed by atoms with E-state index in [4.69, 9.17) is 0 Å². The number of hydrogen-bond donors (Lipinski definition) is 1. The molecule has 10 nitrogen and oxygen atoms in total. The fraction of sp³-hybridized carbons (Fsp3) is 0. The Morgan fingerprint density at radius 1 is 0.917 bits per heavy atom. The van der Waals surface area contributed by atoms with Gasteiger partial charge in [-0.3, -0.25) is 0 Å². The van der Waals surface area contributed by atoms with E-state index in [1.54, 1.807) is 0 Å². The van der Waals surface area contributed by atoms with Gasteiger partial charge in [-0.15, -0.1) is 4.28 Å². The third kappa shape index (κ3) is 2.95. The summed E-state index contributed by atoms with van der Waals surface area (Å²) in [6, 6.07) is 0. The van der Waals surface area contributed by atoms with Crippen molar-refractivity contribution in [1.82, 2.24) is 4.89 Å². The molecule has 0 aromatic heterocycles. The molecule has 1 rings (SSSR count). The maximum absolute atomic E-state index is 10.3. The molecule has 0 bridgehead atoms. The van der Waals surface area contributed by atoms with Crippen LogP contribution in [0.2, 0.25) is 0 Å². The minimum Gasteiger partial charge on any atom is -0.177 e. The van der Waals surface area contributed by atoms with E-state index in [-0.39, 0.29) is 0 Å². The molecule has 0 aliphatic carbocycles. The maximum Gasteiger partial charge on any atom is 0.446 e. The molecule has 0 atom stereocenters. The first-order chi connectivity index (χ1) is 5.41. The molecule has 12 heavy (non-hydrogen) atoms. The smallest absolute Gasteiger partial charge is 0.177 e. The Bertz CT molecular complexity index is 297. The number of nitrogens with one attached hydrogen (secondary N) is 1. The third-order valence-corrected chi connectivity index (χ3v) is 1.63. The van der Waals surface area contributed by atoms with Gasteiger partial charge >= 0.3 is 20.7 Å². The van der Waals surface area contributed by atoms with Crippen molar-refractivity contribution in [3.63, 3.8) is 0 Å². The molecule has 0 spiro atoms. The molecule has 1 aliphatic heterocycles. The molecule has 12 heteroatoms. The van der Waals surface area contributed by atoms with E-state index in [0.29, 0.717) is 0 Å². The van der Waals surface area contributed by atoms with Crippen molar-refractivity contribution in [3.8, 4) is 0 Å². The average molecular weight is 223 g/mol. The van der Waals surface area contributed by atoms with Crippen LogP contribution in [-0.4, -0.2) is 16.8 Å². The normalized spacial score (nSPS) is 28.7. The van der Waals surface area contributed by atoms with Crippen molar-refractivity contribution in [2.45, 2.75) is 0 Å². The van der Waals surface area contributed by atoms with Gasteiger partial charge in [-0.2, -0.15) is 16.8 Å². The summed E-state index contributed by atoms with van der Waals surface area (Å²) in [5, 5.41) is 6.56. The van der Waals surface area contributed by atoms with Crippen LogP contribution in [0.3, 0.4) is 0 Å². The first-order valence-electron chi connectivity index (χ1n) is 2.07. The molecule has 0 aromatic rings. The van der Waals surface area contributed by atoms with Crippen LogP contribution in [-0.2, 0) is 43.7 Å². The van der Waals surface area contributed by atoms with E-state index in [1.807, 2.05) is 0 Å². The predicted octanol–water partition coefficient (Wildman–Crippen LogP) is -2.18. The van der Waals surface area contributed by atoms with E-state index >= 15 is 0 Å². The Morgan fingerprint density at radius 2 is 1.50 bits per heavy atom. The van der Waals surface area contributed by atoms with Gasteiger partial charge in [0.05, 0.1) is 0 Å². The highest BCUT2D eigenvalue weighted by Crippen LogP contribution is 2.02. The Balaban J connectivity index is 2.77. The first-order valence-corrected chi connectivity index (χ1v) is 4.82. The molecule has 1 fully saturated rings. The standard InChI is InChI=1S/HNO9S2/c2-11(3)1-6-12(4,5)10-8-7-9-11/h1H. The molecule has 0 aromatic carbocycles. The summed E-state index contributed by atoms with van der Waals surface area (Å²) >= 11 is 0. The van der Waals surface area contributed by atoms with E-state index in [0.717, 1.165) is 4.89 Å². The first kappa shape index (κ1) is 9.75. The summed E-state index contributed by atoms with van der Waals surface area (Å²) in [5.74, 6) is 0. The van der Waals surface area contributed by atoms with Crippen LogP contribution in [0.5, 0.6) is 0 Å². The van der Waals surface area contributed by atoms with Crippen LogP contribution < -0.4 is 4.89 Å². The van der Waals surface area contributed by atoms with Crippen molar-refractivity contribution in [2.75, 3.05) is 0 Å². The van der Waals surface area contributed by atoms with Crippen LogP contribution in [0, 0.1) is 0 Å². The number of hydrogen-bond acceptors (Lipinski definition) is 9. The van der Waals surface area contributed by atoms with Crippen molar-refractivity contribution in [1.29, 1.82) is 0 Å². The SMILES string of the molecule is O=S1(=O)NOS(=O)(=O)OOOO1. The van der Waals surface area contributed by atoms with Crippen LogP contribution in [0.1, 0.15) is 0 Å². The molecule has 0 saturated carbocycles. The Morgan fingerprint density at radius 3 is 2.17 bits per heavy atom. The Hall–Kier alpha value is -0.340. The largest absolute Gasteiger partial charge is 0.446 e. The van der Waals surface area contributed by atoms with Crippen molar-refractivity contribution >= 4 is 20.7 Å². The zero-order chi connectivity index (χ0) is 9.24. The fourth-order valence-corrected chi connectivity index (χ4v) is 1.11. The monoisotopic (exact) mass is 223 g/mol. The molecule has 0 amide bonds. The summed E-state index contributed by atoms with van der Waals surface area (Å²) in [4.78, 5) is 0.983. The summed E-state index contributed by atoms with van der Waals surface area (Å²) in [5.41, 5.74) is 0. The second-order valence-electron chi connectivity index (χ2n) is 1.30. The van der Waals surface area contributed by atoms with Gasteiger partial charge in [0.25, 0.3) is 0 Å². The molecule has 1 N–H and O–H groups in total. The van der Waals surface area contributed by atoms with E-state index in [9.17, 15) is 16.8 Å². The van der Waals surface area contributed by atoms with Gasteiger partial charge in [0.1, 0.15) is 0 Å². The Kier molecular flexibility index (Phi) is 2.59. The van der Waals surface area contributed by atoms with Crippen molar-refractivity contribution in [3.05, 3.63) is 0 Å². The van der Waals surface area contributed by atoms with Gasteiger partial charge < -0.3 is 0 Å². The highest BCUT2D eigenvalue weighted by molar-refractivity contribution is 7.86. The van der Waals surface area contributed by atoms with Crippen LogP contribution in [0.4, 0.5) is 0 Å². The lowest BCUT2D eigenvalue weighted by Crippen LogP contribution is -2.32. The highest BCUT2D eigenvalue weighted by Gasteiger charge is 2.25. The zero-order valence-corrected chi connectivity index (χ0v) is 6.62. The van der Waals surface area contributed by atoms with Gasteiger partial charge in [0.15, 0.2) is 0 Å². The molecule has 1 saturated heterocycles. The lowest BCUT2D eigenvalue weighted by Gasteiger charge is -2.07. The second-order valence-corrected chi connectivity index (χ2v) is 3.63. The summed E-state index contributed by atoms with van der Waals surface area (Å²) in [6.07, 6.45) is 0. The van der Waals surface area contributed by atoms with Crippen LogP contribution in [0.15, 0.2) is 0 Å². The van der Waals surface area contributed by atoms with Gasteiger partial charge in [-0.1, -0.05) is 4.33 Å². The van der Waals surface area contributed by atoms with Gasteiger partial charge in [-0.05, 0) is 19.3 Å². The van der Waals surface area contributed by atoms with E-state index < -0.39 is 20.7 Å². The van der Waals surface area contributed by atoms with Gasteiger partial charge in [0, 0.05) is 0 Å². The third-order valence-electron chi connectivity index (χ3n) is 0.494. The lowest BCUT2D eigenvalue weighted by atomic mass is 13.5. The topological polar surface area (TPSA) is 126 Å². The summed E-state index contributed by atoms with van der Waals surface area (Å²) in [6.45, 7) is 0. The zero-order valence-electron chi connectivity index (χ0n) is 4.99. The molecule has 0 unspecified atom stereocenters. The Labute approximate surface area is 66.2 Å². The van der Waals surface area contributed by atoms with E-state index in [1.165, 1.54) is 0 Å². The summed E-state index contributed by atoms with van der Waals surface area (Å²) < 4.78 is 51.4. The second kappa shape index (κ2) is 3.19. The average Bonchev–Trinajstić information content (AvgIpc) is 1.94. The molecular formula is HNO9S2. The fourth-order valence-electron chi connectivity index (χ4n) is 0.204. The predicted molar refractivity (Wildman–Crippen MR) is 26.4 cm³/mol. The van der Waals surface area contributed by atoms with Crippen LogP contribution >= 0.6 is 0 Å². The molecule has 1 heterocycles. The quantitative estimate of drug-likeness (QED) is 0.456. The number of rotatable bonds is 0. The maximum atomic E-state index is 10.3. The molecule has 1 aliphatic rings. The molecule has 72 valence electrons. The molecular weight excluding hydrogens is 222 g/mol. The summed E-state index contributed by atoms with van der Waals surface area (Å²) in [7, 11) is -9.12. The molecule has 0 radical (unpaired) electrons. The minimum atomic E-state index is -4.63. The minimum absolute atomic E-state index is 0.983. The van der Waals surface area contributed by atoms with Crippen LogP contribution in [0.25, 0.3) is 0 Å². The van der Waals surface area contributed by atoms with Crippen molar-refractivity contribution < 1.29 is 39.9 Å². The lowest BCUT2D eigenvalue weighted by molar-refractivity contribution is -0.578. The van der Waals surface area contributed by atoms with Crippen molar-refractivity contribution in [2.24, 2.45) is 0 Å². The van der Waals surface area contributed by atoms with Gasteiger partial charge in [0.2, 0.25) is 0 Å². The highest BCUT2D eigenvalue weighted by atomic mass is 32.3.